The van der Waals surface area contributed by atoms with Crippen LogP contribution in [0.3, 0.4) is 0 Å². The monoisotopic (exact) mass is 290 g/mol. The fourth-order valence-electron chi connectivity index (χ4n) is 1.41. The molecule has 0 radical (unpaired) electrons. The van der Waals surface area contributed by atoms with Gasteiger partial charge >= 0.3 is 7.25 Å². The first-order chi connectivity index (χ1) is 9.11. The molecule has 0 saturated heterocycles. The maximum Gasteiger partial charge on any atom is 0.673 e. The van der Waals surface area contributed by atoms with E-state index in [1.165, 1.54) is 5.56 Å². The lowest BCUT2D eigenvalue weighted by molar-refractivity contribution is -0.456. The van der Waals surface area contributed by atoms with Crippen molar-refractivity contribution < 1.29 is 21.8 Å². The average Bonchev–Trinajstić information content (AvgIpc) is 2.27. The highest BCUT2D eigenvalue weighted by atomic mass is 19.5. The van der Waals surface area contributed by atoms with Crippen LogP contribution in [0.25, 0.3) is 0 Å². The average molecular weight is 290 g/mol. The highest BCUT2D eigenvalue weighted by Gasteiger charge is 2.20. The first kappa shape index (κ1) is 18.4. The summed E-state index contributed by atoms with van der Waals surface area (Å²) in [6.45, 7) is 0. The molecule has 1 atom stereocenters. The topological polar surface area (TPSA) is 6.25 Å². The second-order valence-electron chi connectivity index (χ2n) is 4.50. The van der Waals surface area contributed by atoms with E-state index in [4.69, 9.17) is 0 Å². The van der Waals surface area contributed by atoms with Gasteiger partial charge in [-0.05, 0) is 19.7 Å². The lowest BCUT2D eigenvalue weighted by atomic mass is 10.1. The van der Waals surface area contributed by atoms with Crippen LogP contribution in [0.4, 0.5) is 17.3 Å². The van der Waals surface area contributed by atoms with Crippen LogP contribution in [0.5, 0.6) is 0 Å². The van der Waals surface area contributed by atoms with Crippen molar-refractivity contribution in [1.82, 2.24) is 4.90 Å². The van der Waals surface area contributed by atoms with E-state index >= 15 is 0 Å². The molecule has 1 rings (SSSR count). The molecule has 0 saturated carbocycles. The van der Waals surface area contributed by atoms with Gasteiger partial charge in [-0.1, -0.05) is 30.3 Å². The largest absolute Gasteiger partial charge is 0.673 e. The molecule has 0 amide bonds. The van der Waals surface area contributed by atoms with Crippen molar-refractivity contribution >= 4 is 13.1 Å². The fourth-order valence-corrected chi connectivity index (χ4v) is 1.41. The molecule has 0 aromatic heterocycles. The van der Waals surface area contributed by atoms with Crippen LogP contribution in [0, 0.1) is 0 Å². The van der Waals surface area contributed by atoms with E-state index < -0.39 is 7.25 Å². The van der Waals surface area contributed by atoms with E-state index in [-0.39, 0.29) is 6.04 Å². The molecule has 0 heterocycles. The SMILES string of the molecule is CN(C)C(C=C=[N+](C)C)c1ccccc1.F[B-](F)(F)F. The van der Waals surface area contributed by atoms with Crippen molar-refractivity contribution in [3.8, 4) is 0 Å². The fraction of sp³-hybridized carbons (Fsp3) is 0.385. The van der Waals surface area contributed by atoms with Crippen LogP contribution in [0.2, 0.25) is 0 Å². The lowest BCUT2D eigenvalue weighted by Crippen LogP contribution is -2.18. The minimum atomic E-state index is -6.00. The van der Waals surface area contributed by atoms with Crippen LogP contribution < -0.4 is 0 Å². The standard InChI is InChI=1S/C13H19N2.BF4/c1-14(2)11-10-13(15(3)4)12-8-6-5-7-9-12;2-1(3,4)5/h5-10,13H,1-4H3;/q+1;-1. The van der Waals surface area contributed by atoms with E-state index in [0.29, 0.717) is 0 Å². The predicted octanol–water partition coefficient (Wildman–Crippen LogP) is 3.09. The van der Waals surface area contributed by atoms with Gasteiger partial charge in [0.25, 0.3) is 0 Å². The maximum atomic E-state index is 9.75. The zero-order chi connectivity index (χ0) is 15.8. The summed E-state index contributed by atoms with van der Waals surface area (Å²) in [7, 11) is 2.11. The Morgan fingerprint density at radius 1 is 1.10 bits per heavy atom. The highest BCUT2D eigenvalue weighted by Crippen LogP contribution is 2.17. The van der Waals surface area contributed by atoms with Gasteiger partial charge in [-0.2, -0.15) is 4.58 Å². The number of halogens is 4. The summed E-state index contributed by atoms with van der Waals surface area (Å²) in [4.78, 5) is 2.17. The number of hydrogen-bond acceptors (Lipinski definition) is 1. The summed E-state index contributed by atoms with van der Waals surface area (Å²) < 4.78 is 40.9. The number of benzene rings is 1. The molecule has 1 unspecified atom stereocenters. The first-order valence-electron chi connectivity index (χ1n) is 5.96. The second-order valence-corrected chi connectivity index (χ2v) is 4.50. The van der Waals surface area contributed by atoms with E-state index in [2.05, 4.69) is 55.2 Å². The quantitative estimate of drug-likeness (QED) is 0.359. The third kappa shape index (κ3) is 10.3. The van der Waals surface area contributed by atoms with Crippen LogP contribution >= 0.6 is 0 Å². The molecule has 0 aliphatic rings. The van der Waals surface area contributed by atoms with Crippen molar-refractivity contribution in [3.05, 3.63) is 42.0 Å². The Morgan fingerprint density at radius 3 is 1.90 bits per heavy atom. The van der Waals surface area contributed by atoms with Crippen molar-refractivity contribution in [2.24, 2.45) is 0 Å². The second kappa shape index (κ2) is 8.56. The normalized spacial score (nSPS) is 12.1. The Bertz CT molecular complexity index is 441. The molecular formula is C13H19BF4N2. The molecule has 0 aliphatic heterocycles. The summed E-state index contributed by atoms with van der Waals surface area (Å²) in [5.41, 5.74) is 1.29. The van der Waals surface area contributed by atoms with Crippen LogP contribution in [0.15, 0.2) is 36.4 Å². The Morgan fingerprint density at radius 2 is 1.55 bits per heavy atom. The minimum absolute atomic E-state index is 0.286. The Balaban J connectivity index is 0.000000621. The van der Waals surface area contributed by atoms with Gasteiger partial charge in [0.1, 0.15) is 14.1 Å². The molecule has 0 N–H and O–H groups in total. The highest BCUT2D eigenvalue weighted by molar-refractivity contribution is 6.50. The summed E-state index contributed by atoms with van der Waals surface area (Å²) >= 11 is 0. The van der Waals surface area contributed by atoms with Crippen molar-refractivity contribution in [2.75, 3.05) is 28.2 Å². The molecule has 2 nitrogen and oxygen atoms in total. The van der Waals surface area contributed by atoms with Crippen LogP contribution in [-0.4, -0.2) is 50.8 Å². The molecule has 20 heavy (non-hydrogen) atoms. The van der Waals surface area contributed by atoms with Crippen LogP contribution in [0.1, 0.15) is 11.6 Å². The maximum absolute atomic E-state index is 9.75. The van der Waals surface area contributed by atoms with Crippen molar-refractivity contribution in [2.45, 2.75) is 6.04 Å². The van der Waals surface area contributed by atoms with Crippen molar-refractivity contribution in [3.63, 3.8) is 0 Å². The molecule has 0 aliphatic carbocycles. The van der Waals surface area contributed by atoms with Gasteiger partial charge in [0.15, 0.2) is 5.87 Å². The third-order valence-electron chi connectivity index (χ3n) is 2.19. The number of rotatable bonds is 3. The summed E-state index contributed by atoms with van der Waals surface area (Å²) in [6.07, 6.45) is 2.08. The van der Waals surface area contributed by atoms with Gasteiger partial charge in [-0.15, -0.1) is 0 Å². The molecule has 1 aromatic rings. The molecule has 0 spiro atoms. The van der Waals surface area contributed by atoms with E-state index in [0.717, 1.165) is 0 Å². The Kier molecular flexibility index (Phi) is 7.88. The Hall–Kier alpha value is -1.59. The zero-order valence-electron chi connectivity index (χ0n) is 12.0. The lowest BCUT2D eigenvalue weighted by Gasteiger charge is -2.19. The van der Waals surface area contributed by atoms with Gasteiger partial charge in [0, 0.05) is 6.08 Å². The number of nitrogens with zero attached hydrogens (tertiary/aromatic N) is 2. The molecular weight excluding hydrogens is 271 g/mol. The van der Waals surface area contributed by atoms with Crippen molar-refractivity contribution in [1.29, 1.82) is 0 Å². The first-order valence-corrected chi connectivity index (χ1v) is 5.96. The van der Waals surface area contributed by atoms with Gasteiger partial charge in [0.2, 0.25) is 0 Å². The number of hydrogen-bond donors (Lipinski definition) is 0. The molecule has 0 bridgehead atoms. The molecule has 7 heteroatoms. The molecule has 1 aromatic carbocycles. The third-order valence-corrected chi connectivity index (χ3v) is 2.19. The molecule has 0 fully saturated rings. The van der Waals surface area contributed by atoms with Gasteiger partial charge in [0.05, 0.1) is 6.04 Å². The van der Waals surface area contributed by atoms with E-state index in [1.54, 1.807) is 0 Å². The van der Waals surface area contributed by atoms with E-state index in [9.17, 15) is 17.3 Å². The van der Waals surface area contributed by atoms with Crippen LogP contribution in [-0.2, 0) is 0 Å². The summed E-state index contributed by atoms with van der Waals surface area (Å²) in [6, 6.07) is 10.7. The Labute approximate surface area is 117 Å². The number of likely N-dealkylation sites (N-methyl/N-ethyl adjacent to an activating group) is 1. The van der Waals surface area contributed by atoms with Gasteiger partial charge < -0.3 is 17.3 Å². The summed E-state index contributed by atoms with van der Waals surface area (Å²) in [5.74, 6) is 3.19. The smallest absolute Gasteiger partial charge is 0.418 e. The summed E-state index contributed by atoms with van der Waals surface area (Å²) in [5, 5.41) is 0. The predicted molar refractivity (Wildman–Crippen MR) is 74.7 cm³/mol. The van der Waals surface area contributed by atoms with Gasteiger partial charge in [-0.3, -0.25) is 4.90 Å². The molecule has 112 valence electrons. The zero-order valence-corrected chi connectivity index (χ0v) is 12.0. The minimum Gasteiger partial charge on any atom is -0.418 e. The van der Waals surface area contributed by atoms with E-state index in [1.807, 2.05) is 24.7 Å². The van der Waals surface area contributed by atoms with Gasteiger partial charge in [-0.25, -0.2) is 0 Å².